The lowest BCUT2D eigenvalue weighted by Gasteiger charge is -2.03. The fraction of sp³-hybridized carbons (Fsp3) is 0.316. The van der Waals surface area contributed by atoms with Crippen molar-refractivity contribution in [1.29, 1.82) is 0 Å². The molecule has 0 aliphatic carbocycles. The molecule has 118 valence electrons. The average Bonchev–Trinajstić information content (AvgIpc) is 2.58. The molecule has 0 radical (unpaired) electrons. The maximum Gasteiger partial charge on any atom is 0.196 e. The predicted molar refractivity (Wildman–Crippen MR) is 95.0 cm³/mol. The highest BCUT2D eigenvalue weighted by molar-refractivity contribution is 6.12. The van der Waals surface area contributed by atoms with E-state index in [1.165, 1.54) is 18.2 Å². The van der Waals surface area contributed by atoms with Crippen LogP contribution in [0, 0.1) is 0 Å². The van der Waals surface area contributed by atoms with Gasteiger partial charge < -0.3 is 5.11 Å². The average molecular weight is 290 g/mol. The zero-order valence-electron chi connectivity index (χ0n) is 14.3. The predicted octanol–water partition coefficient (Wildman–Crippen LogP) is 5.95. The van der Waals surface area contributed by atoms with E-state index in [2.05, 4.69) is 13.2 Å². The van der Waals surface area contributed by atoms with Gasteiger partial charge in [0.25, 0.3) is 0 Å². The zero-order valence-corrected chi connectivity index (χ0v) is 14.3. The van der Waals surface area contributed by atoms with Crippen LogP contribution in [0.25, 0.3) is 0 Å². The van der Waals surface area contributed by atoms with Crippen molar-refractivity contribution in [3.63, 3.8) is 0 Å². The molecular formula is C19H30O2. The lowest BCUT2D eigenvalue weighted by Crippen LogP contribution is -2.01. The smallest absolute Gasteiger partial charge is 0.196 e. The first-order chi connectivity index (χ1) is 10.2. The van der Waals surface area contributed by atoms with Crippen molar-refractivity contribution in [2.75, 3.05) is 0 Å². The Bertz CT molecular complexity index is 429. The number of benzene rings is 1. The minimum Gasteiger partial charge on any atom is -0.507 e. The molecule has 0 aromatic heterocycles. The summed E-state index contributed by atoms with van der Waals surface area (Å²) < 4.78 is 0. The van der Waals surface area contributed by atoms with Crippen LogP contribution in [0.2, 0.25) is 0 Å². The molecule has 0 saturated heterocycles. The van der Waals surface area contributed by atoms with Crippen LogP contribution in [0.15, 0.2) is 61.2 Å². The molecule has 0 amide bonds. The molecule has 0 fully saturated rings. The Hall–Kier alpha value is -2.09. The molecule has 0 aliphatic heterocycles. The maximum atomic E-state index is 11.8. The van der Waals surface area contributed by atoms with Gasteiger partial charge in [-0.15, -0.1) is 0 Å². The Morgan fingerprint density at radius 1 is 1.00 bits per heavy atom. The second-order valence-electron chi connectivity index (χ2n) is 2.91. The first kappa shape index (κ1) is 24.0. The van der Waals surface area contributed by atoms with E-state index in [-0.39, 0.29) is 17.1 Å². The van der Waals surface area contributed by atoms with E-state index in [1.54, 1.807) is 24.3 Å². The van der Waals surface area contributed by atoms with Crippen LogP contribution in [0.3, 0.4) is 0 Å². The molecule has 0 unspecified atom stereocenters. The third kappa shape index (κ3) is 9.44. The van der Waals surface area contributed by atoms with E-state index in [4.69, 9.17) is 0 Å². The molecule has 1 aromatic carbocycles. The standard InChI is InChI=1S/C13H12O2.3C2H6/c1-3-7-10(4-2)13(15)11-8-5-6-9-12(11)14;3*1-2/h3-9,14H,1-2H2;3*1-2H3/b10-7+;;;. The SMILES string of the molecule is C=C/C=C(\C=C)C(=O)c1ccccc1O.CC.CC.CC. The summed E-state index contributed by atoms with van der Waals surface area (Å²) in [5, 5.41) is 9.49. The molecule has 2 nitrogen and oxygen atoms in total. The quantitative estimate of drug-likeness (QED) is 0.422. The van der Waals surface area contributed by atoms with E-state index in [0.29, 0.717) is 5.57 Å². The first-order valence-electron chi connectivity index (χ1n) is 7.48. The fourth-order valence-corrected chi connectivity index (χ4v) is 1.18. The second kappa shape index (κ2) is 17.9. The van der Waals surface area contributed by atoms with E-state index in [1.807, 2.05) is 41.5 Å². The van der Waals surface area contributed by atoms with E-state index in [0.717, 1.165) is 0 Å². The molecule has 0 saturated carbocycles. The Labute approximate surface area is 130 Å². The molecule has 1 aromatic rings. The van der Waals surface area contributed by atoms with Crippen LogP contribution in [0.1, 0.15) is 51.9 Å². The number of phenols is 1. The van der Waals surface area contributed by atoms with Gasteiger partial charge >= 0.3 is 0 Å². The van der Waals surface area contributed by atoms with E-state index in [9.17, 15) is 9.90 Å². The van der Waals surface area contributed by atoms with Gasteiger partial charge in [-0.25, -0.2) is 0 Å². The fourth-order valence-electron chi connectivity index (χ4n) is 1.18. The summed E-state index contributed by atoms with van der Waals surface area (Å²) in [7, 11) is 0. The Balaban J connectivity index is -0.000000478. The van der Waals surface area contributed by atoms with Crippen LogP contribution < -0.4 is 0 Å². The van der Waals surface area contributed by atoms with Crippen molar-refractivity contribution in [2.24, 2.45) is 0 Å². The van der Waals surface area contributed by atoms with Gasteiger partial charge in [-0.2, -0.15) is 0 Å². The van der Waals surface area contributed by atoms with Gasteiger partial charge in [-0.3, -0.25) is 4.79 Å². The van der Waals surface area contributed by atoms with Crippen molar-refractivity contribution in [1.82, 2.24) is 0 Å². The highest BCUT2D eigenvalue weighted by atomic mass is 16.3. The number of ketones is 1. The lowest BCUT2D eigenvalue weighted by atomic mass is 10.0. The number of aromatic hydroxyl groups is 1. The number of carbonyl (C=O) groups excluding carboxylic acids is 1. The number of carbonyl (C=O) groups is 1. The zero-order chi connectivity index (χ0) is 17.3. The van der Waals surface area contributed by atoms with Crippen LogP contribution in [-0.4, -0.2) is 10.9 Å². The molecule has 2 heteroatoms. The third-order valence-corrected chi connectivity index (χ3v) is 1.93. The topological polar surface area (TPSA) is 37.3 Å². The van der Waals surface area contributed by atoms with Gasteiger partial charge in [0.2, 0.25) is 0 Å². The summed E-state index contributed by atoms with van der Waals surface area (Å²) in [6, 6.07) is 6.40. The third-order valence-electron chi connectivity index (χ3n) is 1.93. The van der Waals surface area contributed by atoms with Gasteiger partial charge in [0.05, 0.1) is 5.56 Å². The van der Waals surface area contributed by atoms with E-state index < -0.39 is 0 Å². The number of allylic oxidation sites excluding steroid dienone is 4. The lowest BCUT2D eigenvalue weighted by molar-refractivity contribution is 0.103. The van der Waals surface area contributed by atoms with Crippen molar-refractivity contribution < 1.29 is 9.90 Å². The van der Waals surface area contributed by atoms with Crippen LogP contribution in [-0.2, 0) is 0 Å². The van der Waals surface area contributed by atoms with Crippen LogP contribution in [0.5, 0.6) is 5.75 Å². The van der Waals surface area contributed by atoms with Gasteiger partial charge in [0.15, 0.2) is 5.78 Å². The van der Waals surface area contributed by atoms with E-state index >= 15 is 0 Å². The van der Waals surface area contributed by atoms with Crippen LogP contribution in [0.4, 0.5) is 0 Å². The van der Waals surface area contributed by atoms with Gasteiger partial charge in [0, 0.05) is 5.57 Å². The Morgan fingerprint density at radius 2 is 1.48 bits per heavy atom. The summed E-state index contributed by atoms with van der Waals surface area (Å²) in [6.07, 6.45) is 4.51. The van der Waals surface area contributed by atoms with Crippen LogP contribution >= 0.6 is 0 Å². The molecule has 0 heterocycles. The molecule has 0 aliphatic rings. The largest absolute Gasteiger partial charge is 0.507 e. The molecule has 0 bridgehead atoms. The Kier molecular flexibility index (Phi) is 20.4. The minimum atomic E-state index is -0.261. The second-order valence-corrected chi connectivity index (χ2v) is 2.91. The van der Waals surface area contributed by atoms with Crippen molar-refractivity contribution in [3.8, 4) is 5.75 Å². The summed E-state index contributed by atoms with van der Waals surface area (Å²) in [4.78, 5) is 11.8. The van der Waals surface area contributed by atoms with Crippen molar-refractivity contribution in [3.05, 3.63) is 66.8 Å². The number of hydrogen-bond donors (Lipinski definition) is 1. The molecule has 0 spiro atoms. The van der Waals surface area contributed by atoms with Gasteiger partial charge in [-0.05, 0) is 12.1 Å². The van der Waals surface area contributed by atoms with Gasteiger partial charge in [-0.1, -0.05) is 85.1 Å². The number of Topliss-reactive ketones (excluding diaryl/α,β-unsaturated/α-hetero) is 1. The molecule has 21 heavy (non-hydrogen) atoms. The monoisotopic (exact) mass is 290 g/mol. The Morgan fingerprint density at radius 3 is 1.86 bits per heavy atom. The van der Waals surface area contributed by atoms with Crippen molar-refractivity contribution in [2.45, 2.75) is 41.5 Å². The normalized spacial score (nSPS) is 8.57. The summed E-state index contributed by atoms with van der Waals surface area (Å²) in [5.74, 6) is -0.290. The highest BCUT2D eigenvalue weighted by Crippen LogP contribution is 2.19. The summed E-state index contributed by atoms with van der Waals surface area (Å²) >= 11 is 0. The number of rotatable bonds is 4. The summed E-state index contributed by atoms with van der Waals surface area (Å²) in [5.41, 5.74) is 0.678. The first-order valence-corrected chi connectivity index (χ1v) is 7.48. The molecule has 1 rings (SSSR count). The molecule has 0 atom stereocenters. The molecule has 1 N–H and O–H groups in total. The number of hydrogen-bond acceptors (Lipinski definition) is 2. The van der Waals surface area contributed by atoms with Gasteiger partial charge in [0.1, 0.15) is 5.75 Å². The number of para-hydroxylation sites is 1. The maximum absolute atomic E-state index is 11.8. The van der Waals surface area contributed by atoms with Crippen molar-refractivity contribution >= 4 is 5.78 Å². The number of phenolic OH excluding ortho intramolecular Hbond substituents is 1. The minimum absolute atomic E-state index is 0.0284. The molecular weight excluding hydrogens is 260 g/mol. The highest BCUT2D eigenvalue weighted by Gasteiger charge is 2.12. The summed E-state index contributed by atoms with van der Waals surface area (Å²) in [6.45, 7) is 19.0.